The van der Waals surface area contributed by atoms with Gasteiger partial charge in [-0.25, -0.2) is 4.79 Å². The average molecular weight is 214 g/mol. The summed E-state index contributed by atoms with van der Waals surface area (Å²) in [6.45, 7) is 1.25. The second-order valence-electron chi connectivity index (χ2n) is 2.87. The molecule has 1 unspecified atom stereocenters. The summed E-state index contributed by atoms with van der Waals surface area (Å²) in [5.41, 5.74) is 0. The summed E-state index contributed by atoms with van der Waals surface area (Å²) in [6.07, 6.45) is 0.195. The van der Waals surface area contributed by atoms with Gasteiger partial charge in [0.1, 0.15) is 18.5 Å². The Morgan fingerprint density at radius 1 is 1.79 bits per heavy atom. The van der Waals surface area contributed by atoms with Crippen LogP contribution in [0.2, 0.25) is 0 Å². The number of hydrogen-bond donors (Lipinski definition) is 0. The van der Waals surface area contributed by atoms with Crippen LogP contribution in [0.15, 0.2) is 11.4 Å². The number of rotatable bonds is 4. The zero-order valence-electron chi connectivity index (χ0n) is 7.69. The van der Waals surface area contributed by atoms with Crippen molar-refractivity contribution in [3.8, 4) is 5.75 Å². The number of carbonyl (C=O) groups excluding carboxylic acids is 1. The molecule has 4 nitrogen and oxygen atoms in total. The predicted molar refractivity (Wildman–Crippen MR) is 50.9 cm³/mol. The minimum Gasteiger partial charge on any atom is -0.489 e. The maximum atomic E-state index is 11.2. The Bertz CT molecular complexity index is 329. The Morgan fingerprint density at radius 3 is 3.21 bits per heavy atom. The number of thiophene rings is 1. The van der Waals surface area contributed by atoms with Crippen molar-refractivity contribution in [2.45, 2.75) is 6.10 Å². The van der Waals surface area contributed by atoms with Crippen LogP contribution in [0, 0.1) is 0 Å². The topological polar surface area (TPSA) is 48.1 Å². The molecule has 5 heteroatoms. The third-order valence-corrected chi connectivity index (χ3v) is 2.70. The number of carbonyl (C=O) groups is 1. The van der Waals surface area contributed by atoms with Crippen molar-refractivity contribution in [3.63, 3.8) is 0 Å². The highest BCUT2D eigenvalue weighted by atomic mass is 32.1. The molecule has 0 N–H and O–H groups in total. The molecule has 1 saturated heterocycles. The van der Waals surface area contributed by atoms with Crippen LogP contribution < -0.4 is 4.74 Å². The molecular formula is C9H10O4S. The molecule has 76 valence electrons. The molecule has 1 fully saturated rings. The van der Waals surface area contributed by atoms with Crippen LogP contribution in [-0.2, 0) is 9.47 Å². The molecule has 2 rings (SSSR count). The lowest BCUT2D eigenvalue weighted by atomic mass is 10.4. The van der Waals surface area contributed by atoms with Crippen molar-refractivity contribution in [1.82, 2.24) is 0 Å². The number of hydrogen-bond acceptors (Lipinski definition) is 5. The van der Waals surface area contributed by atoms with Gasteiger partial charge in [-0.1, -0.05) is 0 Å². The Hall–Kier alpha value is -1.07. The molecule has 1 aromatic heterocycles. The van der Waals surface area contributed by atoms with E-state index in [1.54, 1.807) is 11.4 Å². The van der Waals surface area contributed by atoms with Gasteiger partial charge in [-0.2, -0.15) is 0 Å². The quantitative estimate of drug-likeness (QED) is 0.560. The van der Waals surface area contributed by atoms with Gasteiger partial charge in [0.2, 0.25) is 0 Å². The molecule has 2 heterocycles. The van der Waals surface area contributed by atoms with Crippen molar-refractivity contribution in [3.05, 3.63) is 16.3 Å². The molecule has 1 aliphatic heterocycles. The largest absolute Gasteiger partial charge is 0.489 e. The van der Waals surface area contributed by atoms with Crippen LogP contribution >= 0.6 is 11.3 Å². The molecule has 1 atom stereocenters. The monoisotopic (exact) mass is 214 g/mol. The second-order valence-corrected chi connectivity index (χ2v) is 3.79. The van der Waals surface area contributed by atoms with Crippen LogP contribution in [0.4, 0.5) is 0 Å². The molecule has 0 saturated carbocycles. The Kier molecular flexibility index (Phi) is 2.69. The van der Waals surface area contributed by atoms with E-state index in [2.05, 4.69) is 4.74 Å². The van der Waals surface area contributed by atoms with E-state index in [0.29, 0.717) is 17.2 Å². The zero-order valence-corrected chi connectivity index (χ0v) is 8.50. The zero-order chi connectivity index (χ0) is 9.97. The number of epoxide rings is 1. The summed E-state index contributed by atoms with van der Waals surface area (Å²) in [5, 5.41) is 1.80. The smallest absolute Gasteiger partial charge is 0.351 e. The van der Waals surface area contributed by atoms with Crippen LogP contribution in [0.3, 0.4) is 0 Å². The molecule has 0 spiro atoms. The lowest BCUT2D eigenvalue weighted by Gasteiger charge is -2.03. The molecule has 14 heavy (non-hydrogen) atoms. The SMILES string of the molecule is COC(=O)c1sccc1OCC1CO1. The maximum absolute atomic E-state index is 11.2. The summed E-state index contributed by atoms with van der Waals surface area (Å²) in [6, 6.07) is 1.76. The van der Waals surface area contributed by atoms with E-state index in [9.17, 15) is 4.79 Å². The fourth-order valence-corrected chi connectivity index (χ4v) is 1.75. The first kappa shape index (κ1) is 9.48. The van der Waals surface area contributed by atoms with E-state index in [0.717, 1.165) is 6.61 Å². The summed E-state index contributed by atoms with van der Waals surface area (Å²) in [4.78, 5) is 11.7. The van der Waals surface area contributed by atoms with Gasteiger partial charge in [0.05, 0.1) is 13.7 Å². The van der Waals surface area contributed by atoms with E-state index >= 15 is 0 Å². The number of ether oxygens (including phenoxy) is 3. The van der Waals surface area contributed by atoms with Gasteiger partial charge in [-0.15, -0.1) is 11.3 Å². The molecule has 0 bridgehead atoms. The van der Waals surface area contributed by atoms with Gasteiger partial charge < -0.3 is 14.2 Å². The second kappa shape index (κ2) is 3.98. The van der Waals surface area contributed by atoms with Crippen molar-refractivity contribution in [2.75, 3.05) is 20.3 Å². The van der Waals surface area contributed by atoms with Gasteiger partial charge in [0, 0.05) is 0 Å². The molecule has 1 aromatic rings. The average Bonchev–Trinajstić information content (AvgIpc) is 2.92. The summed E-state index contributed by atoms with van der Waals surface area (Å²) in [7, 11) is 1.36. The van der Waals surface area contributed by atoms with Crippen molar-refractivity contribution in [1.29, 1.82) is 0 Å². The van der Waals surface area contributed by atoms with E-state index in [1.165, 1.54) is 18.4 Å². The maximum Gasteiger partial charge on any atom is 0.351 e. The van der Waals surface area contributed by atoms with Crippen LogP contribution in [-0.4, -0.2) is 32.4 Å². The van der Waals surface area contributed by atoms with Gasteiger partial charge in [0.25, 0.3) is 0 Å². The molecule has 0 radical (unpaired) electrons. The van der Waals surface area contributed by atoms with E-state index in [4.69, 9.17) is 9.47 Å². The van der Waals surface area contributed by atoms with Crippen molar-refractivity contribution < 1.29 is 19.0 Å². The Labute approximate surface area is 85.4 Å². The summed E-state index contributed by atoms with van der Waals surface area (Å²) in [5.74, 6) is 0.226. The van der Waals surface area contributed by atoms with E-state index in [1.807, 2.05) is 0 Å². The standard InChI is InChI=1S/C9H10O4S/c1-11-9(10)8-7(2-3-14-8)13-5-6-4-12-6/h2-3,6H,4-5H2,1H3. The van der Waals surface area contributed by atoms with Gasteiger partial charge >= 0.3 is 5.97 Å². The lowest BCUT2D eigenvalue weighted by Crippen LogP contribution is -2.07. The first-order valence-electron chi connectivity index (χ1n) is 4.21. The van der Waals surface area contributed by atoms with Gasteiger partial charge in [-0.3, -0.25) is 0 Å². The Balaban J connectivity index is 2.00. The minimum atomic E-state index is -0.355. The minimum absolute atomic E-state index is 0.195. The lowest BCUT2D eigenvalue weighted by molar-refractivity contribution is 0.0601. The first-order chi connectivity index (χ1) is 6.81. The molecule has 1 aliphatic rings. The molecule has 0 amide bonds. The van der Waals surface area contributed by atoms with Crippen molar-refractivity contribution >= 4 is 17.3 Å². The normalized spacial score (nSPS) is 19.1. The van der Waals surface area contributed by atoms with Crippen LogP contribution in [0.25, 0.3) is 0 Å². The molecular weight excluding hydrogens is 204 g/mol. The fraction of sp³-hybridized carbons (Fsp3) is 0.444. The highest BCUT2D eigenvalue weighted by molar-refractivity contribution is 7.12. The van der Waals surface area contributed by atoms with E-state index < -0.39 is 0 Å². The van der Waals surface area contributed by atoms with Crippen LogP contribution in [0.5, 0.6) is 5.75 Å². The van der Waals surface area contributed by atoms with Crippen LogP contribution in [0.1, 0.15) is 9.67 Å². The van der Waals surface area contributed by atoms with Crippen molar-refractivity contribution in [2.24, 2.45) is 0 Å². The molecule has 0 aliphatic carbocycles. The number of methoxy groups -OCH3 is 1. The predicted octanol–water partition coefficient (Wildman–Crippen LogP) is 1.31. The highest BCUT2D eigenvalue weighted by Crippen LogP contribution is 2.26. The summed E-state index contributed by atoms with van der Waals surface area (Å²) >= 11 is 1.31. The fourth-order valence-electron chi connectivity index (χ4n) is 1.000. The third-order valence-electron chi connectivity index (χ3n) is 1.83. The van der Waals surface area contributed by atoms with Gasteiger partial charge in [-0.05, 0) is 11.4 Å². The first-order valence-corrected chi connectivity index (χ1v) is 5.09. The third kappa shape index (κ3) is 2.05. The van der Waals surface area contributed by atoms with Gasteiger partial charge in [0.15, 0.2) is 4.88 Å². The van der Waals surface area contributed by atoms with E-state index in [-0.39, 0.29) is 12.1 Å². The highest BCUT2D eigenvalue weighted by Gasteiger charge is 2.24. The number of esters is 1. The Morgan fingerprint density at radius 2 is 2.57 bits per heavy atom. The molecule has 0 aromatic carbocycles. The summed E-state index contributed by atoms with van der Waals surface area (Å²) < 4.78 is 15.0.